The van der Waals surface area contributed by atoms with Crippen molar-refractivity contribution in [1.82, 2.24) is 0 Å². The van der Waals surface area contributed by atoms with Crippen LogP contribution in [-0.4, -0.2) is 13.5 Å². The summed E-state index contributed by atoms with van der Waals surface area (Å²) in [5.41, 5.74) is 1.25. The summed E-state index contributed by atoms with van der Waals surface area (Å²) < 4.78 is 46.6. The van der Waals surface area contributed by atoms with Crippen LogP contribution in [0.1, 0.15) is 0 Å². The molecule has 0 spiro atoms. The molecule has 0 amide bonds. The van der Waals surface area contributed by atoms with Crippen molar-refractivity contribution in [1.29, 1.82) is 0 Å². The summed E-state index contributed by atoms with van der Waals surface area (Å²) in [6.07, 6.45) is -4.71. The Morgan fingerprint density at radius 1 is 1.05 bits per heavy atom. The van der Waals surface area contributed by atoms with Crippen LogP contribution in [0.5, 0.6) is 11.5 Å². The lowest BCUT2D eigenvalue weighted by Crippen LogP contribution is -2.17. The van der Waals surface area contributed by atoms with Crippen molar-refractivity contribution in [3.05, 3.63) is 46.9 Å². The Hall–Kier alpha value is -1.69. The third-order valence-electron chi connectivity index (χ3n) is 2.55. The van der Waals surface area contributed by atoms with Gasteiger partial charge in [0.25, 0.3) is 0 Å². The zero-order chi connectivity index (χ0) is 14.8. The Morgan fingerprint density at radius 3 is 2.40 bits per heavy atom. The quantitative estimate of drug-likeness (QED) is 0.776. The first-order valence-electron chi connectivity index (χ1n) is 5.59. The van der Waals surface area contributed by atoms with E-state index in [0.717, 1.165) is 4.47 Å². The van der Waals surface area contributed by atoms with E-state index in [-0.39, 0.29) is 5.75 Å². The van der Waals surface area contributed by atoms with Gasteiger partial charge in [-0.05, 0) is 39.7 Å². The molecule has 2 rings (SSSR count). The van der Waals surface area contributed by atoms with E-state index in [9.17, 15) is 13.2 Å². The molecule has 6 heteroatoms. The van der Waals surface area contributed by atoms with Gasteiger partial charge >= 0.3 is 6.36 Å². The van der Waals surface area contributed by atoms with Gasteiger partial charge in [-0.2, -0.15) is 0 Å². The van der Waals surface area contributed by atoms with Crippen molar-refractivity contribution >= 4 is 15.9 Å². The van der Waals surface area contributed by atoms with E-state index < -0.39 is 6.36 Å². The third kappa shape index (κ3) is 3.45. The highest BCUT2D eigenvalue weighted by atomic mass is 79.9. The molecule has 0 heterocycles. The molecule has 0 unspecified atom stereocenters. The van der Waals surface area contributed by atoms with Crippen molar-refractivity contribution < 1.29 is 22.6 Å². The SMILES string of the molecule is COc1c(Br)cccc1-c1cccc(OC(F)(F)F)c1. The van der Waals surface area contributed by atoms with Gasteiger partial charge in [0.05, 0.1) is 11.6 Å². The Bertz CT molecular complexity index is 612. The van der Waals surface area contributed by atoms with Crippen molar-refractivity contribution in [2.75, 3.05) is 7.11 Å². The molecular weight excluding hydrogens is 337 g/mol. The number of hydrogen-bond acceptors (Lipinski definition) is 2. The Balaban J connectivity index is 2.44. The average molecular weight is 347 g/mol. The summed E-state index contributed by atoms with van der Waals surface area (Å²) >= 11 is 3.34. The molecule has 2 aromatic rings. The molecule has 20 heavy (non-hydrogen) atoms. The van der Waals surface area contributed by atoms with Gasteiger partial charge in [-0.25, -0.2) is 0 Å². The van der Waals surface area contributed by atoms with Gasteiger partial charge in [-0.15, -0.1) is 13.2 Å². The number of alkyl halides is 3. The van der Waals surface area contributed by atoms with Crippen LogP contribution < -0.4 is 9.47 Å². The molecule has 0 bridgehead atoms. The van der Waals surface area contributed by atoms with Gasteiger partial charge < -0.3 is 9.47 Å². The lowest BCUT2D eigenvalue weighted by molar-refractivity contribution is -0.274. The molecule has 0 saturated heterocycles. The maximum atomic E-state index is 12.2. The first-order valence-corrected chi connectivity index (χ1v) is 6.38. The van der Waals surface area contributed by atoms with Crippen molar-refractivity contribution in [2.45, 2.75) is 6.36 Å². The predicted octanol–water partition coefficient (Wildman–Crippen LogP) is 5.02. The molecule has 0 aliphatic rings. The summed E-state index contributed by atoms with van der Waals surface area (Å²) in [4.78, 5) is 0. The average Bonchev–Trinajstić information content (AvgIpc) is 2.36. The maximum absolute atomic E-state index is 12.2. The zero-order valence-electron chi connectivity index (χ0n) is 10.4. The number of methoxy groups -OCH3 is 1. The van der Waals surface area contributed by atoms with Gasteiger partial charge in [0, 0.05) is 5.56 Å². The minimum absolute atomic E-state index is 0.267. The van der Waals surface area contributed by atoms with Crippen molar-refractivity contribution in [3.8, 4) is 22.6 Å². The van der Waals surface area contributed by atoms with Crippen LogP contribution >= 0.6 is 15.9 Å². The second-order valence-electron chi connectivity index (χ2n) is 3.90. The van der Waals surface area contributed by atoms with Crippen LogP contribution in [0, 0.1) is 0 Å². The molecule has 0 aromatic heterocycles. The molecule has 2 aromatic carbocycles. The minimum atomic E-state index is -4.71. The third-order valence-corrected chi connectivity index (χ3v) is 3.17. The van der Waals surface area contributed by atoms with Crippen LogP contribution in [0.3, 0.4) is 0 Å². The van der Waals surface area contributed by atoms with Crippen molar-refractivity contribution in [3.63, 3.8) is 0 Å². The molecule has 0 radical (unpaired) electrons. The zero-order valence-corrected chi connectivity index (χ0v) is 12.0. The second kappa shape index (κ2) is 5.75. The Morgan fingerprint density at radius 2 is 1.75 bits per heavy atom. The van der Waals surface area contributed by atoms with E-state index in [0.29, 0.717) is 16.9 Å². The van der Waals surface area contributed by atoms with Gasteiger partial charge in [-0.3, -0.25) is 0 Å². The largest absolute Gasteiger partial charge is 0.573 e. The van der Waals surface area contributed by atoms with E-state index in [1.807, 2.05) is 0 Å². The maximum Gasteiger partial charge on any atom is 0.573 e. The van der Waals surface area contributed by atoms with E-state index in [2.05, 4.69) is 20.7 Å². The number of halogens is 4. The van der Waals surface area contributed by atoms with Crippen LogP contribution in [0.25, 0.3) is 11.1 Å². The second-order valence-corrected chi connectivity index (χ2v) is 4.75. The number of hydrogen-bond donors (Lipinski definition) is 0. The van der Waals surface area contributed by atoms with E-state index >= 15 is 0 Å². The van der Waals surface area contributed by atoms with Gasteiger partial charge in [0.2, 0.25) is 0 Å². The number of ether oxygens (including phenoxy) is 2. The van der Waals surface area contributed by atoms with Crippen LogP contribution in [0.4, 0.5) is 13.2 Å². The molecule has 0 atom stereocenters. The molecule has 0 aliphatic heterocycles. The number of benzene rings is 2. The molecule has 0 N–H and O–H groups in total. The van der Waals surface area contributed by atoms with Crippen LogP contribution in [-0.2, 0) is 0 Å². The molecule has 0 fully saturated rings. The first kappa shape index (κ1) is 14.7. The smallest absolute Gasteiger partial charge is 0.495 e. The highest BCUT2D eigenvalue weighted by Crippen LogP contribution is 2.37. The number of para-hydroxylation sites is 1. The summed E-state index contributed by atoms with van der Waals surface area (Å²) in [6.45, 7) is 0. The lowest BCUT2D eigenvalue weighted by atomic mass is 10.0. The highest BCUT2D eigenvalue weighted by molar-refractivity contribution is 9.10. The molecule has 0 aliphatic carbocycles. The Labute approximate surface area is 122 Å². The topological polar surface area (TPSA) is 18.5 Å². The molecule has 2 nitrogen and oxygen atoms in total. The first-order chi connectivity index (χ1) is 9.40. The number of rotatable bonds is 3. The fourth-order valence-corrected chi connectivity index (χ4v) is 2.33. The normalized spacial score (nSPS) is 11.2. The van der Waals surface area contributed by atoms with Crippen molar-refractivity contribution in [2.24, 2.45) is 0 Å². The molecule has 0 saturated carbocycles. The molecule has 106 valence electrons. The predicted molar refractivity (Wildman–Crippen MR) is 72.8 cm³/mol. The standard InChI is InChI=1S/C14H10BrF3O2/c1-19-13-11(6-3-7-12(13)15)9-4-2-5-10(8-9)20-14(16,17)18/h2-8H,1H3. The summed E-state index contributed by atoms with van der Waals surface area (Å²) in [7, 11) is 1.50. The van der Waals surface area contributed by atoms with E-state index in [4.69, 9.17) is 4.74 Å². The Kier molecular flexibility index (Phi) is 4.23. The van der Waals surface area contributed by atoms with Crippen LogP contribution in [0.2, 0.25) is 0 Å². The van der Waals surface area contributed by atoms with Gasteiger partial charge in [0.15, 0.2) is 0 Å². The summed E-state index contributed by atoms with van der Waals surface area (Å²) in [5.74, 6) is 0.286. The fraction of sp³-hybridized carbons (Fsp3) is 0.143. The summed E-state index contributed by atoms with van der Waals surface area (Å²) in [5, 5.41) is 0. The van der Waals surface area contributed by atoms with E-state index in [1.165, 1.54) is 25.3 Å². The summed E-state index contributed by atoms with van der Waals surface area (Å²) in [6, 6.07) is 11.1. The van der Waals surface area contributed by atoms with Gasteiger partial charge in [-0.1, -0.05) is 24.3 Å². The monoisotopic (exact) mass is 346 g/mol. The van der Waals surface area contributed by atoms with E-state index in [1.54, 1.807) is 24.3 Å². The fourth-order valence-electron chi connectivity index (χ4n) is 1.80. The lowest BCUT2D eigenvalue weighted by Gasteiger charge is -2.13. The minimum Gasteiger partial charge on any atom is -0.495 e. The van der Waals surface area contributed by atoms with Gasteiger partial charge in [0.1, 0.15) is 11.5 Å². The molecular formula is C14H10BrF3O2. The van der Waals surface area contributed by atoms with Crippen LogP contribution in [0.15, 0.2) is 46.9 Å². The highest BCUT2D eigenvalue weighted by Gasteiger charge is 2.31.